The van der Waals surface area contributed by atoms with Gasteiger partial charge in [0.05, 0.1) is 25.8 Å². The average molecular weight is 290 g/mol. The van der Waals surface area contributed by atoms with Crippen molar-refractivity contribution in [3.63, 3.8) is 0 Å². The van der Waals surface area contributed by atoms with Gasteiger partial charge in [0.25, 0.3) is 0 Å². The van der Waals surface area contributed by atoms with Gasteiger partial charge in [0.2, 0.25) is 0 Å². The van der Waals surface area contributed by atoms with Crippen molar-refractivity contribution in [2.45, 2.75) is 26.9 Å². The molecule has 0 rings (SSSR count). The summed E-state index contributed by atoms with van der Waals surface area (Å²) in [5, 5.41) is 2.63. The number of ether oxygens (including phenoxy) is 3. The van der Waals surface area contributed by atoms with E-state index in [-0.39, 0.29) is 32.4 Å². The van der Waals surface area contributed by atoms with Crippen LogP contribution in [0.1, 0.15) is 20.8 Å². The predicted molar refractivity (Wildman–Crippen MR) is 70.2 cm³/mol. The molecule has 0 atom stereocenters. The van der Waals surface area contributed by atoms with Crippen LogP contribution in [0.15, 0.2) is 0 Å². The van der Waals surface area contributed by atoms with E-state index in [1.54, 1.807) is 27.8 Å². The molecule has 20 heavy (non-hydrogen) atoms. The van der Waals surface area contributed by atoms with Gasteiger partial charge in [-0.25, -0.2) is 14.5 Å². The number of nitrogens with zero attached hydrogens (tertiary/aromatic N) is 1. The lowest BCUT2D eigenvalue weighted by atomic mass is 10.5. The van der Waals surface area contributed by atoms with Crippen molar-refractivity contribution in [1.29, 1.82) is 0 Å². The fraction of sp³-hybridized carbons (Fsp3) is 0.750. The SMILES string of the molecule is CCOC(=O)N(CCOC(=O)CNC)C(=O)OC(C)C. The number of amides is 2. The zero-order valence-electron chi connectivity index (χ0n) is 12.3. The Hall–Kier alpha value is -1.83. The van der Waals surface area contributed by atoms with E-state index in [1.807, 2.05) is 0 Å². The Morgan fingerprint density at radius 2 is 1.80 bits per heavy atom. The normalized spacial score (nSPS) is 10.1. The third kappa shape index (κ3) is 7.57. The number of hydrogen-bond donors (Lipinski definition) is 1. The molecule has 0 aliphatic carbocycles. The first-order valence-electron chi connectivity index (χ1n) is 6.37. The maximum Gasteiger partial charge on any atom is 0.419 e. The van der Waals surface area contributed by atoms with E-state index in [0.29, 0.717) is 0 Å². The van der Waals surface area contributed by atoms with Crippen LogP contribution in [0.25, 0.3) is 0 Å². The third-order valence-corrected chi connectivity index (χ3v) is 1.94. The minimum Gasteiger partial charge on any atom is -0.463 e. The Kier molecular flexibility index (Phi) is 9.10. The lowest BCUT2D eigenvalue weighted by Gasteiger charge is -2.20. The molecule has 0 unspecified atom stereocenters. The summed E-state index contributed by atoms with van der Waals surface area (Å²) in [7, 11) is 1.60. The molecule has 116 valence electrons. The molecule has 0 aromatic carbocycles. The van der Waals surface area contributed by atoms with E-state index in [0.717, 1.165) is 4.90 Å². The van der Waals surface area contributed by atoms with Crippen LogP contribution in [-0.2, 0) is 19.0 Å². The number of hydrogen-bond acceptors (Lipinski definition) is 7. The highest BCUT2D eigenvalue weighted by Gasteiger charge is 2.25. The molecule has 2 amide bonds. The van der Waals surface area contributed by atoms with Crippen molar-refractivity contribution in [3.05, 3.63) is 0 Å². The van der Waals surface area contributed by atoms with Gasteiger partial charge in [0, 0.05) is 0 Å². The minimum absolute atomic E-state index is 0.0514. The molecule has 8 heteroatoms. The number of carbonyl (C=O) groups is 3. The molecule has 0 fully saturated rings. The second-order valence-corrected chi connectivity index (χ2v) is 4.03. The third-order valence-electron chi connectivity index (χ3n) is 1.94. The average Bonchev–Trinajstić information content (AvgIpc) is 2.34. The van der Waals surface area contributed by atoms with Crippen LogP contribution in [0.3, 0.4) is 0 Å². The van der Waals surface area contributed by atoms with Gasteiger partial charge in [-0.05, 0) is 27.8 Å². The van der Waals surface area contributed by atoms with Crippen LogP contribution in [0.4, 0.5) is 9.59 Å². The number of likely N-dealkylation sites (N-methyl/N-ethyl adjacent to an activating group) is 1. The summed E-state index contributed by atoms with van der Waals surface area (Å²) in [5.74, 6) is -0.478. The van der Waals surface area contributed by atoms with Crippen LogP contribution < -0.4 is 5.32 Å². The minimum atomic E-state index is -0.831. The van der Waals surface area contributed by atoms with Gasteiger partial charge >= 0.3 is 18.2 Å². The van der Waals surface area contributed by atoms with E-state index in [9.17, 15) is 14.4 Å². The zero-order chi connectivity index (χ0) is 15.5. The molecule has 0 saturated heterocycles. The largest absolute Gasteiger partial charge is 0.463 e. The molecule has 0 bridgehead atoms. The molecule has 1 N–H and O–H groups in total. The molecule has 0 saturated carbocycles. The van der Waals surface area contributed by atoms with Crippen molar-refractivity contribution < 1.29 is 28.6 Å². The van der Waals surface area contributed by atoms with Crippen molar-refractivity contribution in [1.82, 2.24) is 10.2 Å². The fourth-order valence-electron chi connectivity index (χ4n) is 1.17. The smallest absolute Gasteiger partial charge is 0.419 e. The molecular formula is C12H22N2O6. The van der Waals surface area contributed by atoms with E-state index < -0.39 is 18.2 Å². The summed E-state index contributed by atoms with van der Waals surface area (Å²) in [6, 6.07) is 0. The summed E-state index contributed by atoms with van der Waals surface area (Å²) in [4.78, 5) is 35.2. The van der Waals surface area contributed by atoms with Crippen LogP contribution in [0.2, 0.25) is 0 Å². The Balaban J connectivity index is 4.42. The van der Waals surface area contributed by atoms with Crippen molar-refractivity contribution in [2.75, 3.05) is 33.4 Å². The predicted octanol–water partition coefficient (Wildman–Crippen LogP) is 0.752. The summed E-state index contributed by atoms with van der Waals surface area (Å²) in [6.07, 6.45) is -2.03. The zero-order valence-corrected chi connectivity index (χ0v) is 12.3. The van der Waals surface area contributed by atoms with E-state index in [2.05, 4.69) is 5.32 Å². The molecule has 0 spiro atoms. The fourth-order valence-corrected chi connectivity index (χ4v) is 1.17. The van der Waals surface area contributed by atoms with Gasteiger partial charge in [-0.15, -0.1) is 0 Å². The number of carbonyl (C=O) groups excluding carboxylic acids is 3. The molecular weight excluding hydrogens is 268 g/mol. The summed E-state index contributed by atoms with van der Waals surface area (Å²) >= 11 is 0. The van der Waals surface area contributed by atoms with E-state index in [4.69, 9.17) is 14.2 Å². The molecule has 0 heterocycles. The van der Waals surface area contributed by atoms with Gasteiger partial charge in [-0.3, -0.25) is 4.79 Å². The monoisotopic (exact) mass is 290 g/mol. The molecule has 0 aliphatic rings. The van der Waals surface area contributed by atoms with Gasteiger partial charge < -0.3 is 19.5 Å². The first kappa shape index (κ1) is 18.2. The van der Waals surface area contributed by atoms with Crippen molar-refractivity contribution >= 4 is 18.2 Å². The molecule has 8 nitrogen and oxygen atoms in total. The Morgan fingerprint density at radius 1 is 1.15 bits per heavy atom. The van der Waals surface area contributed by atoms with Crippen molar-refractivity contribution in [3.8, 4) is 0 Å². The lowest BCUT2D eigenvalue weighted by Crippen LogP contribution is -2.41. The van der Waals surface area contributed by atoms with Crippen LogP contribution in [0.5, 0.6) is 0 Å². The first-order valence-corrected chi connectivity index (χ1v) is 6.37. The Morgan fingerprint density at radius 3 is 2.30 bits per heavy atom. The maximum atomic E-state index is 11.7. The highest BCUT2D eigenvalue weighted by molar-refractivity contribution is 5.87. The van der Waals surface area contributed by atoms with Gasteiger partial charge in [-0.1, -0.05) is 0 Å². The molecule has 0 radical (unpaired) electrons. The molecule has 0 aliphatic heterocycles. The second-order valence-electron chi connectivity index (χ2n) is 4.03. The first-order chi connectivity index (χ1) is 9.42. The molecule has 0 aromatic rings. The number of nitrogens with one attached hydrogen (secondary N) is 1. The molecule has 0 aromatic heterocycles. The standard InChI is InChI=1S/C12H22N2O6/c1-5-18-11(16)14(12(17)20-9(2)3)6-7-19-10(15)8-13-4/h9,13H,5-8H2,1-4H3. The van der Waals surface area contributed by atoms with Gasteiger partial charge in [0.15, 0.2) is 0 Å². The quantitative estimate of drug-likeness (QED) is 0.546. The lowest BCUT2D eigenvalue weighted by molar-refractivity contribution is -0.142. The van der Waals surface area contributed by atoms with Gasteiger partial charge in [0.1, 0.15) is 6.61 Å². The summed E-state index contributed by atoms with van der Waals surface area (Å²) in [5.41, 5.74) is 0. The van der Waals surface area contributed by atoms with E-state index in [1.165, 1.54) is 0 Å². The maximum absolute atomic E-state index is 11.7. The number of rotatable bonds is 7. The highest BCUT2D eigenvalue weighted by Crippen LogP contribution is 2.02. The topological polar surface area (TPSA) is 94.2 Å². The van der Waals surface area contributed by atoms with E-state index >= 15 is 0 Å². The van der Waals surface area contributed by atoms with Crippen LogP contribution in [0, 0.1) is 0 Å². The van der Waals surface area contributed by atoms with Crippen molar-refractivity contribution in [2.24, 2.45) is 0 Å². The summed E-state index contributed by atoms with van der Waals surface area (Å²) in [6.45, 7) is 4.88. The highest BCUT2D eigenvalue weighted by atomic mass is 16.6. The van der Waals surface area contributed by atoms with Crippen LogP contribution >= 0.6 is 0 Å². The van der Waals surface area contributed by atoms with Gasteiger partial charge in [-0.2, -0.15) is 0 Å². The number of esters is 1. The Labute approximate surface area is 118 Å². The number of imide groups is 1. The summed E-state index contributed by atoms with van der Waals surface area (Å²) < 4.78 is 14.5. The van der Waals surface area contributed by atoms with Crippen LogP contribution in [-0.4, -0.2) is 62.5 Å². The second kappa shape index (κ2) is 10.0. The Bertz CT molecular complexity index is 332.